The SMILES string of the molecule is O=C(NO)c1ccc(CN2C(=O)C(F)(F)c3ccccc32)cc1. The van der Waals surface area contributed by atoms with Gasteiger partial charge in [0.25, 0.3) is 5.91 Å². The Morgan fingerprint density at radius 1 is 1.13 bits per heavy atom. The van der Waals surface area contributed by atoms with E-state index in [1.807, 2.05) is 0 Å². The molecule has 118 valence electrons. The van der Waals surface area contributed by atoms with Crippen molar-refractivity contribution in [3.05, 3.63) is 65.2 Å². The van der Waals surface area contributed by atoms with Crippen LogP contribution in [-0.4, -0.2) is 17.0 Å². The molecule has 0 radical (unpaired) electrons. The number of nitrogens with one attached hydrogen (secondary N) is 1. The van der Waals surface area contributed by atoms with Crippen molar-refractivity contribution in [3.8, 4) is 0 Å². The second kappa shape index (κ2) is 5.44. The number of hydrogen-bond donors (Lipinski definition) is 2. The predicted octanol–water partition coefficient (Wildman–Crippen LogP) is 2.44. The van der Waals surface area contributed by atoms with Crippen molar-refractivity contribution < 1.29 is 23.6 Å². The lowest BCUT2D eigenvalue weighted by Gasteiger charge is -2.17. The third kappa shape index (κ3) is 2.44. The first kappa shape index (κ1) is 15.1. The van der Waals surface area contributed by atoms with Crippen molar-refractivity contribution in [2.24, 2.45) is 0 Å². The fourth-order valence-corrected chi connectivity index (χ4v) is 2.53. The fraction of sp³-hybridized carbons (Fsp3) is 0.125. The van der Waals surface area contributed by atoms with Crippen molar-refractivity contribution in [2.45, 2.75) is 12.5 Å². The van der Waals surface area contributed by atoms with Crippen molar-refractivity contribution in [2.75, 3.05) is 4.90 Å². The minimum Gasteiger partial charge on any atom is -0.302 e. The molecule has 2 N–H and O–H groups in total. The lowest BCUT2D eigenvalue weighted by Crippen LogP contribution is -2.34. The number of hydrogen-bond acceptors (Lipinski definition) is 3. The second-order valence-corrected chi connectivity index (χ2v) is 5.12. The number of nitrogens with zero attached hydrogens (tertiary/aromatic N) is 1. The number of carbonyl (C=O) groups excluding carboxylic acids is 2. The molecule has 2 amide bonds. The van der Waals surface area contributed by atoms with E-state index in [4.69, 9.17) is 5.21 Å². The zero-order valence-electron chi connectivity index (χ0n) is 11.8. The lowest BCUT2D eigenvalue weighted by atomic mass is 10.1. The second-order valence-electron chi connectivity index (χ2n) is 5.12. The zero-order valence-corrected chi connectivity index (χ0v) is 11.8. The summed E-state index contributed by atoms with van der Waals surface area (Å²) in [5.74, 6) is -5.48. The Balaban J connectivity index is 1.89. The van der Waals surface area contributed by atoms with E-state index in [2.05, 4.69) is 0 Å². The van der Waals surface area contributed by atoms with E-state index in [9.17, 15) is 18.4 Å². The van der Waals surface area contributed by atoms with Crippen LogP contribution in [0.4, 0.5) is 14.5 Å². The van der Waals surface area contributed by atoms with Crippen LogP contribution >= 0.6 is 0 Å². The Bertz CT molecular complexity index is 775. The highest BCUT2D eigenvalue weighted by Crippen LogP contribution is 2.44. The summed E-state index contributed by atoms with van der Waals surface area (Å²) < 4.78 is 28.1. The molecular weight excluding hydrogens is 306 g/mol. The molecule has 0 saturated carbocycles. The average Bonchev–Trinajstić information content (AvgIpc) is 2.76. The van der Waals surface area contributed by atoms with Gasteiger partial charge in [-0.2, -0.15) is 8.78 Å². The third-order valence-electron chi connectivity index (χ3n) is 3.71. The highest BCUT2D eigenvalue weighted by atomic mass is 19.3. The number of alkyl halides is 2. The molecule has 5 nitrogen and oxygen atoms in total. The van der Waals surface area contributed by atoms with Crippen molar-refractivity contribution in [3.63, 3.8) is 0 Å². The summed E-state index contributed by atoms with van der Waals surface area (Å²) >= 11 is 0. The number of halogens is 2. The molecule has 7 heteroatoms. The molecule has 0 spiro atoms. The van der Waals surface area contributed by atoms with Crippen LogP contribution in [0.3, 0.4) is 0 Å². The first-order chi connectivity index (χ1) is 10.9. The van der Waals surface area contributed by atoms with Gasteiger partial charge < -0.3 is 4.90 Å². The molecule has 3 rings (SSSR count). The fourth-order valence-electron chi connectivity index (χ4n) is 2.53. The number of rotatable bonds is 3. The minimum absolute atomic E-state index is 0.0353. The monoisotopic (exact) mass is 318 g/mol. The molecule has 2 aromatic rings. The molecule has 23 heavy (non-hydrogen) atoms. The summed E-state index contributed by atoms with van der Waals surface area (Å²) in [7, 11) is 0. The maximum Gasteiger partial charge on any atom is 0.352 e. The van der Waals surface area contributed by atoms with E-state index in [0.717, 1.165) is 4.90 Å². The summed E-state index contributed by atoms with van der Waals surface area (Å²) in [6.45, 7) is -0.0353. The molecular formula is C16H12F2N2O3. The number of amides is 2. The van der Waals surface area contributed by atoms with Gasteiger partial charge >= 0.3 is 11.8 Å². The minimum atomic E-state index is -3.53. The van der Waals surface area contributed by atoms with Crippen LogP contribution in [0.5, 0.6) is 0 Å². The van der Waals surface area contributed by atoms with Crippen molar-refractivity contribution in [1.29, 1.82) is 0 Å². The van der Waals surface area contributed by atoms with Crippen LogP contribution in [0.15, 0.2) is 48.5 Å². The van der Waals surface area contributed by atoms with Crippen LogP contribution in [0, 0.1) is 0 Å². The van der Waals surface area contributed by atoms with Crippen molar-refractivity contribution >= 4 is 17.5 Å². The highest BCUT2D eigenvalue weighted by Gasteiger charge is 2.52. The zero-order chi connectivity index (χ0) is 16.6. The average molecular weight is 318 g/mol. The van der Waals surface area contributed by atoms with Gasteiger partial charge in [0.15, 0.2) is 0 Å². The Labute approximate surface area is 130 Å². The highest BCUT2D eigenvalue weighted by molar-refractivity contribution is 6.05. The molecule has 1 heterocycles. The van der Waals surface area contributed by atoms with Gasteiger partial charge in [-0.05, 0) is 23.8 Å². The lowest BCUT2D eigenvalue weighted by molar-refractivity contribution is -0.141. The van der Waals surface area contributed by atoms with Crippen LogP contribution in [0.1, 0.15) is 21.5 Å². The van der Waals surface area contributed by atoms with E-state index >= 15 is 0 Å². The molecule has 1 aliphatic rings. The van der Waals surface area contributed by atoms with Gasteiger partial charge in [-0.1, -0.05) is 30.3 Å². The van der Waals surface area contributed by atoms with Crippen LogP contribution in [0.25, 0.3) is 0 Å². The summed E-state index contributed by atoms with van der Waals surface area (Å²) in [6.07, 6.45) is 0. The van der Waals surface area contributed by atoms with E-state index < -0.39 is 17.7 Å². The Kier molecular flexibility index (Phi) is 3.57. The van der Waals surface area contributed by atoms with Crippen molar-refractivity contribution in [1.82, 2.24) is 5.48 Å². The molecule has 0 aromatic heterocycles. The Morgan fingerprint density at radius 3 is 2.43 bits per heavy atom. The summed E-state index contributed by atoms with van der Waals surface area (Å²) in [5, 5.41) is 8.55. The number of carbonyl (C=O) groups is 2. The number of anilines is 1. The largest absolute Gasteiger partial charge is 0.352 e. The van der Waals surface area contributed by atoms with Gasteiger partial charge in [0, 0.05) is 5.56 Å². The number of para-hydroxylation sites is 1. The molecule has 0 bridgehead atoms. The number of hydroxylamine groups is 1. The topological polar surface area (TPSA) is 69.6 Å². The Hall–Kier alpha value is -2.80. The summed E-state index contributed by atoms with van der Waals surface area (Å²) in [4.78, 5) is 24.3. The summed E-state index contributed by atoms with van der Waals surface area (Å²) in [6, 6.07) is 11.7. The maximum absolute atomic E-state index is 14.0. The first-order valence-electron chi connectivity index (χ1n) is 6.78. The van der Waals surface area contributed by atoms with Crippen LogP contribution in [-0.2, 0) is 17.3 Å². The van der Waals surface area contributed by atoms with Crippen LogP contribution in [0.2, 0.25) is 0 Å². The molecule has 0 atom stereocenters. The van der Waals surface area contributed by atoms with Gasteiger partial charge in [0.05, 0.1) is 17.8 Å². The number of benzene rings is 2. The predicted molar refractivity (Wildman–Crippen MR) is 77.2 cm³/mol. The van der Waals surface area contributed by atoms with E-state index in [1.54, 1.807) is 6.07 Å². The third-order valence-corrected chi connectivity index (χ3v) is 3.71. The van der Waals surface area contributed by atoms with E-state index in [-0.39, 0.29) is 23.4 Å². The molecule has 0 saturated heterocycles. The maximum atomic E-state index is 14.0. The molecule has 0 unspecified atom stereocenters. The van der Waals surface area contributed by atoms with Gasteiger partial charge in [-0.15, -0.1) is 0 Å². The molecule has 2 aromatic carbocycles. The molecule has 1 aliphatic heterocycles. The van der Waals surface area contributed by atoms with Crippen LogP contribution < -0.4 is 10.4 Å². The van der Waals surface area contributed by atoms with Gasteiger partial charge in [-0.25, -0.2) is 5.48 Å². The van der Waals surface area contributed by atoms with Gasteiger partial charge in [-0.3, -0.25) is 14.8 Å². The number of fused-ring (bicyclic) bond motifs is 1. The quantitative estimate of drug-likeness (QED) is 0.674. The van der Waals surface area contributed by atoms with E-state index in [1.165, 1.54) is 47.9 Å². The molecule has 0 fully saturated rings. The Morgan fingerprint density at radius 2 is 1.78 bits per heavy atom. The summed E-state index contributed by atoms with van der Waals surface area (Å²) in [5.41, 5.74) is 2.18. The van der Waals surface area contributed by atoms with Gasteiger partial charge in [0.2, 0.25) is 0 Å². The first-order valence-corrected chi connectivity index (χ1v) is 6.78. The van der Waals surface area contributed by atoms with E-state index in [0.29, 0.717) is 5.56 Å². The smallest absolute Gasteiger partial charge is 0.302 e. The standard InChI is InChI=1S/C16H12F2N2O3/c17-16(18)12-3-1-2-4-13(12)20(15(16)22)9-10-5-7-11(8-6-10)14(21)19-23/h1-8,23H,9H2,(H,19,21). The van der Waals surface area contributed by atoms with Gasteiger partial charge in [0.1, 0.15) is 0 Å². The normalized spacial score (nSPS) is 15.4. The molecule has 0 aliphatic carbocycles.